The fraction of sp³-hybridized carbons (Fsp3) is 0.250. The molecule has 0 spiro atoms. The van der Waals surface area contributed by atoms with Gasteiger partial charge in [0.15, 0.2) is 0 Å². The minimum Gasteiger partial charge on any atom is -0.472 e. The van der Waals surface area contributed by atoms with Crippen molar-refractivity contribution in [3.63, 3.8) is 0 Å². The van der Waals surface area contributed by atoms with Crippen LogP contribution in [0.25, 0.3) is 0 Å². The van der Waals surface area contributed by atoms with Crippen LogP contribution in [0, 0.1) is 11.3 Å². The van der Waals surface area contributed by atoms with Crippen molar-refractivity contribution in [2.75, 3.05) is 26.2 Å². The molecule has 0 N–H and O–H groups in total. The van der Waals surface area contributed by atoms with E-state index >= 15 is 0 Å². The van der Waals surface area contributed by atoms with Gasteiger partial charge in [-0.3, -0.25) is 4.79 Å². The Morgan fingerprint density at radius 2 is 1.83 bits per heavy atom. The predicted octanol–water partition coefficient (Wildman–Crippen LogP) is 1.30. The molecular formula is C16H15N3O4S. The van der Waals surface area contributed by atoms with Crippen LogP contribution in [0.5, 0.6) is 0 Å². The van der Waals surface area contributed by atoms with E-state index in [4.69, 9.17) is 9.68 Å². The molecule has 1 aromatic carbocycles. The number of amides is 1. The Kier molecular flexibility index (Phi) is 4.38. The summed E-state index contributed by atoms with van der Waals surface area (Å²) in [6, 6.07) is 9.60. The van der Waals surface area contributed by atoms with Crippen molar-refractivity contribution in [1.29, 1.82) is 5.26 Å². The Labute approximate surface area is 139 Å². The van der Waals surface area contributed by atoms with Crippen LogP contribution in [-0.4, -0.2) is 49.7 Å². The maximum atomic E-state index is 12.7. The lowest BCUT2D eigenvalue weighted by molar-refractivity contribution is 0.0697. The van der Waals surface area contributed by atoms with E-state index in [9.17, 15) is 13.2 Å². The summed E-state index contributed by atoms with van der Waals surface area (Å²) >= 11 is 0. The fourth-order valence-electron chi connectivity index (χ4n) is 2.62. The molecule has 1 aromatic heterocycles. The summed E-state index contributed by atoms with van der Waals surface area (Å²) in [6.45, 7) is 0.952. The van der Waals surface area contributed by atoms with Gasteiger partial charge in [0.2, 0.25) is 10.0 Å². The Morgan fingerprint density at radius 1 is 1.12 bits per heavy atom. The first-order valence-corrected chi connectivity index (χ1v) is 8.79. The molecule has 0 unspecified atom stereocenters. The first-order valence-electron chi connectivity index (χ1n) is 7.35. The second-order valence-corrected chi connectivity index (χ2v) is 7.22. The van der Waals surface area contributed by atoms with Crippen molar-refractivity contribution >= 4 is 15.9 Å². The number of furan rings is 1. The summed E-state index contributed by atoms with van der Waals surface area (Å²) in [6.07, 6.45) is 2.79. The van der Waals surface area contributed by atoms with Crippen molar-refractivity contribution in [1.82, 2.24) is 9.21 Å². The number of nitrogens with zero attached hydrogens (tertiary/aromatic N) is 3. The van der Waals surface area contributed by atoms with Gasteiger partial charge in [0, 0.05) is 26.2 Å². The summed E-state index contributed by atoms with van der Waals surface area (Å²) in [5.74, 6) is -0.182. The highest BCUT2D eigenvalue weighted by Crippen LogP contribution is 2.21. The van der Waals surface area contributed by atoms with Crippen LogP contribution in [0.1, 0.15) is 15.9 Å². The molecule has 7 nitrogen and oxygen atoms in total. The van der Waals surface area contributed by atoms with Gasteiger partial charge in [0.1, 0.15) is 12.3 Å². The molecular weight excluding hydrogens is 330 g/mol. The Balaban J connectivity index is 1.75. The number of nitriles is 1. The number of sulfonamides is 1. The molecule has 124 valence electrons. The summed E-state index contributed by atoms with van der Waals surface area (Å²) < 4.78 is 31.7. The highest BCUT2D eigenvalue weighted by atomic mass is 32.2. The van der Waals surface area contributed by atoms with Gasteiger partial charge in [-0.2, -0.15) is 9.57 Å². The van der Waals surface area contributed by atoms with Crippen molar-refractivity contribution in [3.8, 4) is 6.07 Å². The number of piperazine rings is 1. The van der Waals surface area contributed by atoms with E-state index in [2.05, 4.69) is 0 Å². The second-order valence-electron chi connectivity index (χ2n) is 5.32. The van der Waals surface area contributed by atoms with E-state index < -0.39 is 10.0 Å². The molecule has 2 aromatic rings. The van der Waals surface area contributed by atoms with E-state index in [1.165, 1.54) is 29.0 Å². The van der Waals surface area contributed by atoms with Gasteiger partial charge >= 0.3 is 0 Å². The third kappa shape index (κ3) is 2.91. The van der Waals surface area contributed by atoms with Crippen LogP contribution >= 0.6 is 0 Å². The van der Waals surface area contributed by atoms with E-state index in [0.29, 0.717) is 5.56 Å². The zero-order valence-corrected chi connectivity index (χ0v) is 13.6. The molecule has 0 saturated carbocycles. The van der Waals surface area contributed by atoms with Crippen molar-refractivity contribution in [2.24, 2.45) is 0 Å². The molecule has 1 saturated heterocycles. The lowest BCUT2D eigenvalue weighted by atomic mass is 10.2. The predicted molar refractivity (Wildman–Crippen MR) is 84.5 cm³/mol. The van der Waals surface area contributed by atoms with Gasteiger partial charge in [-0.25, -0.2) is 8.42 Å². The number of hydrogen-bond acceptors (Lipinski definition) is 5. The summed E-state index contributed by atoms with van der Waals surface area (Å²) in [4.78, 5) is 13.8. The summed E-state index contributed by atoms with van der Waals surface area (Å²) in [5.41, 5.74) is 0.565. The van der Waals surface area contributed by atoms with Gasteiger partial charge in [0.25, 0.3) is 5.91 Å². The highest BCUT2D eigenvalue weighted by Gasteiger charge is 2.31. The Hall–Kier alpha value is -2.63. The number of hydrogen-bond donors (Lipinski definition) is 0. The van der Waals surface area contributed by atoms with Crippen molar-refractivity contribution in [3.05, 3.63) is 54.0 Å². The van der Waals surface area contributed by atoms with Crippen molar-refractivity contribution < 1.29 is 17.6 Å². The van der Waals surface area contributed by atoms with Gasteiger partial charge in [-0.15, -0.1) is 0 Å². The minimum atomic E-state index is -3.75. The normalized spacial score (nSPS) is 15.9. The molecule has 0 radical (unpaired) electrons. The molecule has 1 fully saturated rings. The Morgan fingerprint density at radius 3 is 2.46 bits per heavy atom. The van der Waals surface area contributed by atoms with E-state index in [0.717, 1.165) is 0 Å². The van der Waals surface area contributed by atoms with Gasteiger partial charge < -0.3 is 9.32 Å². The zero-order valence-electron chi connectivity index (χ0n) is 12.8. The van der Waals surface area contributed by atoms with Gasteiger partial charge in [0.05, 0.1) is 22.3 Å². The van der Waals surface area contributed by atoms with Crippen LogP contribution in [-0.2, 0) is 10.0 Å². The van der Waals surface area contributed by atoms with Crippen molar-refractivity contribution in [2.45, 2.75) is 4.90 Å². The lowest BCUT2D eigenvalue weighted by Gasteiger charge is -2.33. The van der Waals surface area contributed by atoms with Crippen LogP contribution in [0.3, 0.4) is 0 Å². The monoisotopic (exact) mass is 345 g/mol. The minimum absolute atomic E-state index is 0.00195. The second kappa shape index (κ2) is 6.47. The topological polar surface area (TPSA) is 94.6 Å². The SMILES string of the molecule is N#Cc1ccccc1S(=O)(=O)N1CCN(C(=O)c2ccoc2)CC1. The van der Waals surface area contributed by atoms with Gasteiger partial charge in [-0.05, 0) is 18.2 Å². The molecule has 3 rings (SSSR count). The van der Waals surface area contributed by atoms with E-state index in [1.54, 1.807) is 23.1 Å². The molecule has 24 heavy (non-hydrogen) atoms. The van der Waals surface area contributed by atoms with Gasteiger partial charge in [-0.1, -0.05) is 12.1 Å². The maximum absolute atomic E-state index is 12.7. The number of benzene rings is 1. The van der Waals surface area contributed by atoms with E-state index in [1.807, 2.05) is 6.07 Å². The third-order valence-corrected chi connectivity index (χ3v) is 5.88. The standard InChI is InChI=1S/C16H15N3O4S/c17-11-13-3-1-2-4-15(13)24(21,22)19-8-6-18(7-9-19)16(20)14-5-10-23-12-14/h1-5,10,12H,6-9H2. The molecule has 0 bridgehead atoms. The smallest absolute Gasteiger partial charge is 0.257 e. The molecule has 0 atom stereocenters. The summed E-state index contributed by atoms with van der Waals surface area (Å²) in [5, 5.41) is 9.11. The molecule has 1 aliphatic heterocycles. The molecule has 0 aliphatic carbocycles. The van der Waals surface area contributed by atoms with Crippen LogP contribution in [0.2, 0.25) is 0 Å². The molecule has 8 heteroatoms. The average molecular weight is 345 g/mol. The molecule has 1 amide bonds. The first-order chi connectivity index (χ1) is 11.5. The number of rotatable bonds is 3. The quantitative estimate of drug-likeness (QED) is 0.835. The largest absolute Gasteiger partial charge is 0.472 e. The molecule has 2 heterocycles. The maximum Gasteiger partial charge on any atom is 0.257 e. The van der Waals surface area contributed by atoms with Crippen LogP contribution in [0.4, 0.5) is 0 Å². The number of carbonyl (C=O) groups is 1. The molecule has 1 aliphatic rings. The number of carbonyl (C=O) groups excluding carboxylic acids is 1. The van der Waals surface area contributed by atoms with E-state index in [-0.39, 0.29) is 42.5 Å². The highest BCUT2D eigenvalue weighted by molar-refractivity contribution is 7.89. The van der Waals surface area contributed by atoms with Crippen LogP contribution < -0.4 is 0 Å². The fourth-order valence-corrected chi connectivity index (χ4v) is 4.19. The van der Waals surface area contributed by atoms with Crippen LogP contribution in [0.15, 0.2) is 52.2 Å². The third-order valence-electron chi connectivity index (χ3n) is 3.92. The Bertz CT molecular complexity index is 876. The summed E-state index contributed by atoms with van der Waals surface area (Å²) in [7, 11) is -3.75. The zero-order chi connectivity index (χ0) is 17.2. The lowest BCUT2D eigenvalue weighted by Crippen LogP contribution is -2.50. The first kappa shape index (κ1) is 16.2. The average Bonchev–Trinajstić information content (AvgIpc) is 3.15.